The maximum absolute atomic E-state index is 3.20. The van der Waals surface area contributed by atoms with E-state index in [2.05, 4.69) is 47.4 Å². The summed E-state index contributed by atoms with van der Waals surface area (Å²) in [5.74, 6) is 0. The second kappa shape index (κ2) is 6.91. The van der Waals surface area contributed by atoms with Crippen LogP contribution in [0.15, 0.2) is 60.7 Å². The van der Waals surface area contributed by atoms with Crippen LogP contribution in [0.3, 0.4) is 0 Å². The number of rotatable bonds is 6. The standard InChI is InChI=1S/C15H19N3/c1-18(13-15-10-6-3-7-11-15)17-16-12-14-8-4-2-5-9-14/h2-11,16-17H,12-13H2,1H3. The van der Waals surface area contributed by atoms with Gasteiger partial charge in [-0.1, -0.05) is 60.7 Å². The van der Waals surface area contributed by atoms with E-state index in [4.69, 9.17) is 0 Å². The molecule has 0 radical (unpaired) electrons. The lowest BCUT2D eigenvalue weighted by Gasteiger charge is -2.18. The second-order valence-electron chi connectivity index (χ2n) is 4.29. The zero-order chi connectivity index (χ0) is 12.6. The lowest BCUT2D eigenvalue weighted by molar-refractivity contribution is 0.182. The molecule has 0 saturated carbocycles. The van der Waals surface area contributed by atoms with E-state index in [1.807, 2.05) is 36.3 Å². The van der Waals surface area contributed by atoms with Gasteiger partial charge in [0.25, 0.3) is 0 Å². The number of benzene rings is 2. The summed E-state index contributed by atoms with van der Waals surface area (Å²) in [6.45, 7) is 1.67. The molecule has 0 spiro atoms. The molecule has 2 aromatic rings. The summed E-state index contributed by atoms with van der Waals surface area (Å²) < 4.78 is 0. The van der Waals surface area contributed by atoms with Crippen molar-refractivity contribution in [3.63, 3.8) is 0 Å². The molecule has 2 N–H and O–H groups in total. The van der Waals surface area contributed by atoms with Gasteiger partial charge in [0.1, 0.15) is 0 Å². The van der Waals surface area contributed by atoms with E-state index in [0.29, 0.717) is 0 Å². The van der Waals surface area contributed by atoms with Gasteiger partial charge in [0.05, 0.1) is 0 Å². The van der Waals surface area contributed by atoms with Crippen molar-refractivity contribution in [1.29, 1.82) is 0 Å². The van der Waals surface area contributed by atoms with Crippen LogP contribution in [0.25, 0.3) is 0 Å². The Morgan fingerprint density at radius 3 is 2.00 bits per heavy atom. The molecule has 18 heavy (non-hydrogen) atoms. The number of hydrazine groups is 2. The normalized spacial score (nSPS) is 10.8. The molecule has 0 bridgehead atoms. The molecule has 0 aliphatic heterocycles. The van der Waals surface area contributed by atoms with Gasteiger partial charge in [-0.2, -0.15) is 5.53 Å². The highest BCUT2D eigenvalue weighted by Crippen LogP contribution is 2.00. The summed E-state index contributed by atoms with van der Waals surface area (Å²) >= 11 is 0. The van der Waals surface area contributed by atoms with Crippen molar-refractivity contribution in [2.75, 3.05) is 7.05 Å². The Morgan fingerprint density at radius 2 is 1.39 bits per heavy atom. The van der Waals surface area contributed by atoms with Crippen LogP contribution in [0.5, 0.6) is 0 Å². The fourth-order valence-electron chi connectivity index (χ4n) is 1.77. The molecule has 3 heteroatoms. The molecule has 94 valence electrons. The first kappa shape index (κ1) is 12.8. The third-order valence-corrected chi connectivity index (χ3v) is 2.67. The zero-order valence-corrected chi connectivity index (χ0v) is 10.6. The van der Waals surface area contributed by atoms with Gasteiger partial charge in [-0.3, -0.25) is 0 Å². The van der Waals surface area contributed by atoms with E-state index < -0.39 is 0 Å². The quantitative estimate of drug-likeness (QED) is 0.760. The van der Waals surface area contributed by atoms with Crippen LogP contribution in [0.2, 0.25) is 0 Å². The average molecular weight is 241 g/mol. The van der Waals surface area contributed by atoms with E-state index in [-0.39, 0.29) is 0 Å². The molecule has 0 amide bonds. The Kier molecular flexibility index (Phi) is 4.90. The summed E-state index contributed by atoms with van der Waals surface area (Å²) in [6, 6.07) is 20.7. The molecule has 0 aromatic heterocycles. The van der Waals surface area contributed by atoms with Crippen LogP contribution in [0.1, 0.15) is 11.1 Å². The van der Waals surface area contributed by atoms with Crippen LogP contribution >= 0.6 is 0 Å². The van der Waals surface area contributed by atoms with Crippen LogP contribution in [0, 0.1) is 0 Å². The molecule has 2 rings (SSSR count). The van der Waals surface area contributed by atoms with Crippen molar-refractivity contribution in [3.05, 3.63) is 71.8 Å². The fourth-order valence-corrected chi connectivity index (χ4v) is 1.77. The molecule has 0 aliphatic carbocycles. The van der Waals surface area contributed by atoms with Gasteiger partial charge >= 0.3 is 0 Å². The zero-order valence-electron chi connectivity index (χ0n) is 10.6. The van der Waals surface area contributed by atoms with Crippen LogP contribution in [-0.2, 0) is 13.1 Å². The number of hydrogen-bond acceptors (Lipinski definition) is 3. The fraction of sp³-hybridized carbons (Fsp3) is 0.200. The lowest BCUT2D eigenvalue weighted by atomic mass is 10.2. The van der Waals surface area contributed by atoms with Gasteiger partial charge in [0.15, 0.2) is 0 Å². The minimum atomic E-state index is 0.806. The number of nitrogens with one attached hydrogen (secondary N) is 2. The Hall–Kier alpha value is -1.68. The maximum Gasteiger partial charge on any atom is 0.0391 e. The molecule has 3 nitrogen and oxygen atoms in total. The van der Waals surface area contributed by atoms with Crippen LogP contribution < -0.4 is 11.0 Å². The Balaban J connectivity index is 1.71. The van der Waals surface area contributed by atoms with Gasteiger partial charge in [-0.05, 0) is 11.1 Å². The Labute approximate surface area is 108 Å². The van der Waals surface area contributed by atoms with E-state index in [1.54, 1.807) is 0 Å². The molecule has 0 aliphatic rings. The Bertz CT molecular complexity index is 442. The van der Waals surface area contributed by atoms with Crippen LogP contribution in [0.4, 0.5) is 0 Å². The largest absolute Gasteiger partial charge is 0.240 e. The second-order valence-corrected chi connectivity index (χ2v) is 4.29. The summed E-state index contributed by atoms with van der Waals surface area (Å²) in [7, 11) is 2.02. The van der Waals surface area contributed by atoms with Gasteiger partial charge in [-0.15, -0.1) is 0 Å². The SMILES string of the molecule is CN(Cc1ccccc1)NNCc1ccccc1. The lowest BCUT2D eigenvalue weighted by Crippen LogP contribution is -2.43. The predicted molar refractivity (Wildman–Crippen MR) is 74.3 cm³/mol. The third-order valence-electron chi connectivity index (χ3n) is 2.67. The van der Waals surface area contributed by atoms with Crippen molar-refractivity contribution >= 4 is 0 Å². The first-order valence-electron chi connectivity index (χ1n) is 6.12. The molecular formula is C15H19N3. The van der Waals surface area contributed by atoms with Gasteiger partial charge < -0.3 is 0 Å². The highest BCUT2D eigenvalue weighted by molar-refractivity contribution is 5.15. The molecule has 0 saturated heterocycles. The first-order valence-corrected chi connectivity index (χ1v) is 6.12. The van der Waals surface area contributed by atoms with Gasteiger partial charge in [0, 0.05) is 20.1 Å². The molecule has 2 aromatic carbocycles. The molecule has 0 heterocycles. The summed E-state index contributed by atoms with van der Waals surface area (Å²) in [5.41, 5.74) is 8.91. The van der Waals surface area contributed by atoms with E-state index >= 15 is 0 Å². The summed E-state index contributed by atoms with van der Waals surface area (Å²) in [6.07, 6.45) is 0. The highest BCUT2D eigenvalue weighted by atomic mass is 15.7. The van der Waals surface area contributed by atoms with E-state index in [0.717, 1.165) is 13.1 Å². The average Bonchev–Trinajstić information content (AvgIpc) is 2.41. The van der Waals surface area contributed by atoms with Gasteiger partial charge in [0.2, 0.25) is 0 Å². The van der Waals surface area contributed by atoms with Crippen molar-refractivity contribution in [2.45, 2.75) is 13.1 Å². The summed E-state index contributed by atoms with van der Waals surface area (Å²) in [4.78, 5) is 0. The van der Waals surface area contributed by atoms with E-state index in [1.165, 1.54) is 11.1 Å². The number of hydrogen-bond donors (Lipinski definition) is 2. The third kappa shape index (κ3) is 4.30. The molecular weight excluding hydrogens is 222 g/mol. The van der Waals surface area contributed by atoms with Crippen molar-refractivity contribution < 1.29 is 0 Å². The topological polar surface area (TPSA) is 27.3 Å². The van der Waals surface area contributed by atoms with Crippen molar-refractivity contribution in [3.8, 4) is 0 Å². The van der Waals surface area contributed by atoms with E-state index in [9.17, 15) is 0 Å². The molecule has 0 atom stereocenters. The monoisotopic (exact) mass is 241 g/mol. The van der Waals surface area contributed by atoms with Crippen molar-refractivity contribution in [2.24, 2.45) is 0 Å². The predicted octanol–water partition coefficient (Wildman–Crippen LogP) is 2.33. The van der Waals surface area contributed by atoms with Crippen LogP contribution in [-0.4, -0.2) is 12.1 Å². The number of nitrogens with zero attached hydrogens (tertiary/aromatic N) is 1. The Morgan fingerprint density at radius 1 is 0.833 bits per heavy atom. The van der Waals surface area contributed by atoms with Gasteiger partial charge in [-0.25, -0.2) is 10.4 Å². The maximum atomic E-state index is 3.20. The minimum absolute atomic E-state index is 0.806. The van der Waals surface area contributed by atoms with Crippen molar-refractivity contribution in [1.82, 2.24) is 16.0 Å². The summed E-state index contributed by atoms with van der Waals surface area (Å²) in [5, 5.41) is 2.03. The smallest absolute Gasteiger partial charge is 0.0391 e. The molecule has 0 unspecified atom stereocenters. The molecule has 0 fully saturated rings. The minimum Gasteiger partial charge on any atom is -0.240 e. The highest BCUT2D eigenvalue weighted by Gasteiger charge is 1.98. The first-order chi connectivity index (χ1) is 8.84.